The highest BCUT2D eigenvalue weighted by molar-refractivity contribution is 5.84. The molecule has 2 rings (SSSR count). The van der Waals surface area contributed by atoms with Crippen LogP contribution in [0.5, 0.6) is 5.75 Å². The van der Waals surface area contributed by atoms with Crippen molar-refractivity contribution in [3.8, 4) is 5.75 Å². The molecule has 1 atom stereocenters. The molecule has 0 radical (unpaired) electrons. The van der Waals surface area contributed by atoms with E-state index < -0.39 is 0 Å². The van der Waals surface area contributed by atoms with Gasteiger partial charge in [-0.1, -0.05) is 18.2 Å². The number of carbonyl (C=O) groups is 1. The maximum atomic E-state index is 12.2. The number of rotatable bonds is 7. The number of hydrogen-bond acceptors (Lipinski definition) is 4. The first-order valence-electron chi connectivity index (χ1n) is 7.10. The molecular weight excluding hydrogens is 256 g/mol. The molecule has 0 bridgehead atoms. The molecule has 5 heteroatoms. The topological polar surface area (TPSA) is 73.6 Å². The van der Waals surface area contributed by atoms with E-state index in [1.165, 1.54) is 0 Å². The Balaban J connectivity index is 1.79. The van der Waals surface area contributed by atoms with Crippen LogP contribution in [0.4, 0.5) is 0 Å². The second-order valence-electron chi connectivity index (χ2n) is 4.77. The average molecular weight is 278 g/mol. The molecule has 1 amide bonds. The molecule has 1 aromatic rings. The minimum atomic E-state index is -0.107. The Morgan fingerprint density at radius 2 is 2.25 bits per heavy atom. The quantitative estimate of drug-likeness (QED) is 0.731. The molecule has 0 fully saturated rings. The second kappa shape index (κ2) is 7.87. The van der Waals surface area contributed by atoms with Gasteiger partial charge in [-0.2, -0.15) is 0 Å². The fraction of sp³-hybridized carbons (Fsp3) is 0.533. The molecule has 1 aromatic carbocycles. The Kier molecular flexibility index (Phi) is 5.83. The highest BCUT2D eigenvalue weighted by Gasteiger charge is 2.26. The van der Waals surface area contributed by atoms with Crippen molar-refractivity contribution in [3.63, 3.8) is 0 Å². The highest BCUT2D eigenvalue weighted by Crippen LogP contribution is 2.33. The maximum absolute atomic E-state index is 12.2. The van der Waals surface area contributed by atoms with Gasteiger partial charge in [-0.25, -0.2) is 0 Å². The SMILES string of the molecule is NCCOCCCNC(=O)C1CCOc2ccccc21. The minimum absolute atomic E-state index is 0.0691. The van der Waals surface area contributed by atoms with Crippen molar-refractivity contribution in [1.82, 2.24) is 5.32 Å². The van der Waals surface area contributed by atoms with E-state index in [1.807, 2.05) is 24.3 Å². The van der Waals surface area contributed by atoms with Gasteiger partial charge in [-0.05, 0) is 18.9 Å². The standard InChI is InChI=1S/C15H22N2O3/c16-7-11-19-9-3-8-17-15(18)13-6-10-20-14-5-2-1-4-12(13)14/h1-2,4-5,13H,3,6-11,16H2,(H,17,18). The summed E-state index contributed by atoms with van der Waals surface area (Å²) in [7, 11) is 0. The van der Waals surface area contributed by atoms with Gasteiger partial charge in [0.1, 0.15) is 5.75 Å². The number of nitrogens with two attached hydrogens (primary N) is 1. The predicted molar refractivity (Wildman–Crippen MR) is 76.8 cm³/mol. The Morgan fingerprint density at radius 1 is 1.40 bits per heavy atom. The molecule has 20 heavy (non-hydrogen) atoms. The van der Waals surface area contributed by atoms with Gasteiger partial charge < -0.3 is 20.5 Å². The molecule has 110 valence electrons. The number of ether oxygens (including phenoxy) is 2. The molecule has 0 saturated heterocycles. The van der Waals surface area contributed by atoms with Gasteiger partial charge in [0.05, 0.1) is 19.1 Å². The molecular formula is C15H22N2O3. The van der Waals surface area contributed by atoms with Crippen LogP contribution in [0.3, 0.4) is 0 Å². The van der Waals surface area contributed by atoms with Crippen LogP contribution >= 0.6 is 0 Å². The number of hydrogen-bond donors (Lipinski definition) is 2. The van der Waals surface area contributed by atoms with Crippen molar-refractivity contribution in [1.29, 1.82) is 0 Å². The molecule has 1 aliphatic heterocycles. The smallest absolute Gasteiger partial charge is 0.227 e. The lowest BCUT2D eigenvalue weighted by Crippen LogP contribution is -2.33. The first kappa shape index (κ1) is 14.8. The Labute approximate surface area is 119 Å². The van der Waals surface area contributed by atoms with E-state index in [1.54, 1.807) is 0 Å². The fourth-order valence-electron chi connectivity index (χ4n) is 2.31. The van der Waals surface area contributed by atoms with Gasteiger partial charge in [-0.15, -0.1) is 0 Å². The molecule has 0 aromatic heterocycles. The lowest BCUT2D eigenvalue weighted by molar-refractivity contribution is -0.123. The second-order valence-corrected chi connectivity index (χ2v) is 4.77. The highest BCUT2D eigenvalue weighted by atomic mass is 16.5. The summed E-state index contributed by atoms with van der Waals surface area (Å²) in [5.74, 6) is 0.787. The van der Waals surface area contributed by atoms with E-state index in [0.717, 1.165) is 24.2 Å². The van der Waals surface area contributed by atoms with Crippen LogP contribution < -0.4 is 15.8 Å². The molecule has 0 aliphatic carbocycles. The average Bonchev–Trinajstić information content (AvgIpc) is 2.50. The van der Waals surface area contributed by atoms with E-state index >= 15 is 0 Å². The summed E-state index contributed by atoms with van der Waals surface area (Å²) in [5, 5.41) is 2.96. The number of benzene rings is 1. The van der Waals surface area contributed by atoms with Crippen LogP contribution in [0.15, 0.2) is 24.3 Å². The third-order valence-corrected chi connectivity index (χ3v) is 3.30. The zero-order valence-electron chi connectivity index (χ0n) is 11.6. The van der Waals surface area contributed by atoms with Crippen molar-refractivity contribution < 1.29 is 14.3 Å². The van der Waals surface area contributed by atoms with Gasteiger partial charge in [-0.3, -0.25) is 4.79 Å². The predicted octanol–water partition coefficient (Wildman–Crippen LogP) is 1.03. The number of fused-ring (bicyclic) bond motifs is 1. The Morgan fingerprint density at radius 3 is 3.10 bits per heavy atom. The Hall–Kier alpha value is -1.59. The largest absolute Gasteiger partial charge is 0.493 e. The molecule has 0 spiro atoms. The summed E-state index contributed by atoms with van der Waals surface area (Å²) >= 11 is 0. The summed E-state index contributed by atoms with van der Waals surface area (Å²) in [6.07, 6.45) is 1.53. The monoisotopic (exact) mass is 278 g/mol. The lowest BCUT2D eigenvalue weighted by atomic mass is 9.92. The molecule has 1 unspecified atom stereocenters. The summed E-state index contributed by atoms with van der Waals surface area (Å²) in [4.78, 5) is 12.2. The van der Waals surface area contributed by atoms with E-state index in [2.05, 4.69) is 5.32 Å². The number of amides is 1. The van der Waals surface area contributed by atoms with Crippen molar-refractivity contribution in [2.75, 3.05) is 32.9 Å². The summed E-state index contributed by atoms with van der Waals surface area (Å²) < 4.78 is 10.8. The molecule has 3 N–H and O–H groups in total. The van der Waals surface area contributed by atoms with E-state index in [-0.39, 0.29) is 11.8 Å². The minimum Gasteiger partial charge on any atom is -0.493 e. The number of para-hydroxylation sites is 1. The first-order chi connectivity index (χ1) is 9.83. The Bertz CT molecular complexity index is 437. The fourth-order valence-corrected chi connectivity index (χ4v) is 2.31. The van der Waals surface area contributed by atoms with Crippen LogP contribution in [0.25, 0.3) is 0 Å². The van der Waals surface area contributed by atoms with Crippen LogP contribution in [-0.2, 0) is 9.53 Å². The zero-order chi connectivity index (χ0) is 14.2. The van der Waals surface area contributed by atoms with Crippen LogP contribution in [0.2, 0.25) is 0 Å². The van der Waals surface area contributed by atoms with Crippen LogP contribution in [0.1, 0.15) is 24.3 Å². The van der Waals surface area contributed by atoms with Crippen molar-refractivity contribution >= 4 is 5.91 Å². The lowest BCUT2D eigenvalue weighted by Gasteiger charge is -2.25. The van der Waals surface area contributed by atoms with Crippen LogP contribution in [0, 0.1) is 0 Å². The van der Waals surface area contributed by atoms with Crippen LogP contribution in [-0.4, -0.2) is 38.8 Å². The zero-order valence-corrected chi connectivity index (χ0v) is 11.6. The normalized spacial score (nSPS) is 17.1. The van der Waals surface area contributed by atoms with E-state index in [4.69, 9.17) is 15.2 Å². The van der Waals surface area contributed by atoms with Gasteiger partial charge >= 0.3 is 0 Å². The summed E-state index contributed by atoms with van der Waals surface area (Å²) in [6.45, 7) is 2.95. The molecule has 5 nitrogen and oxygen atoms in total. The van der Waals surface area contributed by atoms with Gasteiger partial charge in [0.25, 0.3) is 0 Å². The van der Waals surface area contributed by atoms with Gasteiger partial charge in [0.2, 0.25) is 5.91 Å². The van der Waals surface area contributed by atoms with E-state index in [0.29, 0.717) is 32.9 Å². The third-order valence-electron chi connectivity index (χ3n) is 3.30. The van der Waals surface area contributed by atoms with Crippen molar-refractivity contribution in [2.24, 2.45) is 5.73 Å². The molecule has 0 saturated carbocycles. The first-order valence-corrected chi connectivity index (χ1v) is 7.10. The summed E-state index contributed by atoms with van der Waals surface area (Å²) in [5.41, 5.74) is 6.31. The molecule has 1 aliphatic rings. The summed E-state index contributed by atoms with van der Waals surface area (Å²) in [6, 6.07) is 7.74. The van der Waals surface area contributed by atoms with Gasteiger partial charge in [0.15, 0.2) is 0 Å². The third kappa shape index (κ3) is 3.95. The van der Waals surface area contributed by atoms with E-state index in [9.17, 15) is 4.79 Å². The number of carbonyl (C=O) groups excluding carboxylic acids is 1. The van der Waals surface area contributed by atoms with Gasteiger partial charge in [0, 0.05) is 25.3 Å². The van der Waals surface area contributed by atoms with Crippen molar-refractivity contribution in [2.45, 2.75) is 18.8 Å². The van der Waals surface area contributed by atoms with Crippen molar-refractivity contribution in [3.05, 3.63) is 29.8 Å². The maximum Gasteiger partial charge on any atom is 0.227 e. The molecule has 1 heterocycles. The number of nitrogens with one attached hydrogen (secondary N) is 1.